The first-order valence-electron chi connectivity index (χ1n) is 11.2. The van der Waals surface area contributed by atoms with Gasteiger partial charge in [-0.15, -0.1) is 0 Å². The summed E-state index contributed by atoms with van der Waals surface area (Å²) in [6.07, 6.45) is 1.54. The van der Waals surface area contributed by atoms with Crippen molar-refractivity contribution in [3.05, 3.63) is 90.4 Å². The number of halogens is 1. The van der Waals surface area contributed by atoms with E-state index >= 15 is 0 Å². The number of aromatic nitrogens is 1. The molecule has 0 unspecified atom stereocenters. The zero-order valence-electron chi connectivity index (χ0n) is 19.9. The van der Waals surface area contributed by atoms with E-state index in [1.807, 2.05) is 31.2 Å². The summed E-state index contributed by atoms with van der Waals surface area (Å²) >= 11 is 0. The number of aryl methyl sites for hydroxylation is 1. The number of hydrogen-bond acceptors (Lipinski definition) is 6. The number of pyridine rings is 1. The van der Waals surface area contributed by atoms with Crippen molar-refractivity contribution in [2.75, 3.05) is 23.3 Å². The molecule has 0 atom stereocenters. The van der Waals surface area contributed by atoms with E-state index in [9.17, 15) is 17.6 Å². The largest absolute Gasteiger partial charge is 0.482 e. The molecule has 0 bridgehead atoms. The van der Waals surface area contributed by atoms with Crippen LogP contribution in [0.25, 0.3) is 11.1 Å². The Morgan fingerprint density at radius 1 is 1.00 bits per heavy atom. The fourth-order valence-electron chi connectivity index (χ4n) is 3.97. The Kier molecular flexibility index (Phi) is 6.26. The van der Waals surface area contributed by atoms with Crippen LogP contribution < -0.4 is 19.1 Å². The van der Waals surface area contributed by atoms with Crippen LogP contribution in [0, 0.1) is 12.7 Å². The van der Waals surface area contributed by atoms with Crippen molar-refractivity contribution in [3.8, 4) is 22.8 Å². The first-order chi connectivity index (χ1) is 17.7. The Hall–Kier alpha value is -4.44. The molecule has 0 fully saturated rings. The van der Waals surface area contributed by atoms with Gasteiger partial charge >= 0.3 is 0 Å². The van der Waals surface area contributed by atoms with Gasteiger partial charge < -0.3 is 9.47 Å². The molecule has 10 heteroatoms. The van der Waals surface area contributed by atoms with Crippen molar-refractivity contribution in [2.45, 2.75) is 11.8 Å². The number of fused-ring (bicyclic) bond motifs is 1. The molecular weight excluding hydrogens is 497 g/mol. The number of benzene rings is 3. The van der Waals surface area contributed by atoms with Gasteiger partial charge in [-0.2, -0.15) is 0 Å². The van der Waals surface area contributed by atoms with Crippen LogP contribution >= 0.6 is 0 Å². The molecule has 1 N–H and O–H groups in total. The van der Waals surface area contributed by atoms with Crippen molar-refractivity contribution in [2.24, 2.45) is 0 Å². The van der Waals surface area contributed by atoms with Crippen LogP contribution in [0.2, 0.25) is 0 Å². The van der Waals surface area contributed by atoms with Gasteiger partial charge in [0, 0.05) is 17.4 Å². The minimum atomic E-state index is -4.04. The monoisotopic (exact) mass is 519 g/mol. The first-order valence-corrected chi connectivity index (χ1v) is 12.7. The number of hydrogen-bond donors (Lipinski definition) is 1. The Morgan fingerprint density at radius 3 is 2.43 bits per heavy atom. The molecule has 1 aliphatic rings. The van der Waals surface area contributed by atoms with Crippen LogP contribution in [0.15, 0.2) is 83.9 Å². The van der Waals surface area contributed by atoms with Gasteiger partial charge in [-0.3, -0.25) is 14.4 Å². The maximum Gasteiger partial charge on any atom is 0.269 e. The van der Waals surface area contributed by atoms with Crippen LogP contribution in [0.4, 0.5) is 21.5 Å². The average molecular weight is 520 g/mol. The number of carbonyl (C=O) groups is 1. The second-order valence-corrected chi connectivity index (χ2v) is 10.1. The van der Waals surface area contributed by atoms with Crippen molar-refractivity contribution in [1.29, 1.82) is 0 Å². The molecular formula is C27H22FN3O5S. The minimum Gasteiger partial charge on any atom is -0.482 e. The van der Waals surface area contributed by atoms with Gasteiger partial charge in [-0.05, 0) is 67.1 Å². The summed E-state index contributed by atoms with van der Waals surface area (Å²) in [6.45, 7) is 1.88. The molecule has 0 spiro atoms. The van der Waals surface area contributed by atoms with Gasteiger partial charge in [0.1, 0.15) is 17.3 Å². The number of sulfonamides is 1. The van der Waals surface area contributed by atoms with E-state index in [1.165, 1.54) is 25.4 Å². The van der Waals surface area contributed by atoms with Crippen molar-refractivity contribution < 1.29 is 27.1 Å². The molecule has 4 aromatic rings. The van der Waals surface area contributed by atoms with E-state index in [2.05, 4.69) is 9.71 Å². The summed E-state index contributed by atoms with van der Waals surface area (Å²) in [7, 11) is -2.67. The van der Waals surface area contributed by atoms with Gasteiger partial charge in [0.25, 0.3) is 15.9 Å². The summed E-state index contributed by atoms with van der Waals surface area (Å²) < 4.78 is 52.4. The average Bonchev–Trinajstić information content (AvgIpc) is 2.89. The Bertz CT molecular complexity index is 1590. The molecule has 0 saturated carbocycles. The van der Waals surface area contributed by atoms with E-state index in [4.69, 9.17) is 9.47 Å². The van der Waals surface area contributed by atoms with Gasteiger partial charge in [0.2, 0.25) is 5.88 Å². The fraction of sp³-hybridized carbons (Fsp3) is 0.111. The van der Waals surface area contributed by atoms with Gasteiger partial charge in [0.05, 0.1) is 17.7 Å². The minimum absolute atomic E-state index is 0.0622. The lowest BCUT2D eigenvalue weighted by atomic mass is 10.0. The third-order valence-electron chi connectivity index (χ3n) is 5.84. The molecule has 0 radical (unpaired) electrons. The zero-order valence-corrected chi connectivity index (χ0v) is 20.8. The maximum absolute atomic E-state index is 13.3. The number of nitrogens with zero attached hydrogens (tertiary/aromatic N) is 2. The number of carbonyl (C=O) groups excluding carboxylic acids is 1. The van der Waals surface area contributed by atoms with Crippen LogP contribution in [0.3, 0.4) is 0 Å². The van der Waals surface area contributed by atoms with E-state index < -0.39 is 15.8 Å². The SMILES string of the molecule is COc1ncc(-c2ccc3c(c2)N(c2ccc(C)cc2)C(=O)CO3)cc1NS(=O)(=O)c1ccc(F)cc1. The number of ether oxygens (including phenoxy) is 2. The molecule has 1 aliphatic heterocycles. The number of rotatable bonds is 6. The second-order valence-electron chi connectivity index (χ2n) is 8.38. The highest BCUT2D eigenvalue weighted by Gasteiger charge is 2.28. The lowest BCUT2D eigenvalue weighted by molar-refractivity contribution is -0.120. The molecule has 1 aromatic heterocycles. The molecule has 8 nitrogen and oxygen atoms in total. The van der Waals surface area contributed by atoms with Gasteiger partial charge in [0.15, 0.2) is 6.61 Å². The Labute approximate surface area is 213 Å². The molecule has 5 rings (SSSR count). The van der Waals surface area contributed by atoms with Crippen molar-refractivity contribution in [3.63, 3.8) is 0 Å². The molecule has 2 heterocycles. The lowest BCUT2D eigenvalue weighted by Crippen LogP contribution is -2.35. The molecule has 0 saturated heterocycles. The number of methoxy groups -OCH3 is 1. The van der Waals surface area contributed by atoms with Crippen molar-refractivity contribution in [1.82, 2.24) is 4.98 Å². The standard InChI is InChI=1S/C27H22FN3O5S/c1-17-3-8-21(9-4-17)31-24-14-18(5-12-25(24)36-16-26(31)32)19-13-23(27(35-2)29-15-19)30-37(33,34)22-10-6-20(28)7-11-22/h3-15,30H,16H2,1-2H3. The third kappa shape index (κ3) is 4.83. The van der Waals surface area contributed by atoms with Gasteiger partial charge in [-0.25, -0.2) is 17.8 Å². The Balaban J connectivity index is 1.54. The van der Waals surface area contributed by atoms with E-state index in [0.717, 1.165) is 17.7 Å². The normalized spacial score (nSPS) is 13.1. The predicted molar refractivity (Wildman–Crippen MR) is 137 cm³/mol. The lowest BCUT2D eigenvalue weighted by Gasteiger charge is -2.30. The number of anilines is 3. The van der Waals surface area contributed by atoms with Crippen LogP contribution in [0.5, 0.6) is 11.6 Å². The third-order valence-corrected chi connectivity index (χ3v) is 7.22. The number of nitrogens with one attached hydrogen (secondary N) is 1. The smallest absolute Gasteiger partial charge is 0.269 e. The van der Waals surface area contributed by atoms with Crippen molar-refractivity contribution >= 4 is 33.0 Å². The molecule has 3 aromatic carbocycles. The maximum atomic E-state index is 13.3. The summed E-state index contributed by atoms with van der Waals surface area (Å²) in [6, 6.07) is 19.0. The molecule has 1 amide bonds. The highest BCUT2D eigenvalue weighted by Crippen LogP contribution is 2.41. The summed E-state index contributed by atoms with van der Waals surface area (Å²) in [5.74, 6) is -0.154. The van der Waals surface area contributed by atoms with Crippen LogP contribution in [0.1, 0.15) is 5.56 Å². The topological polar surface area (TPSA) is 97.8 Å². The first kappa shape index (κ1) is 24.3. The summed E-state index contributed by atoms with van der Waals surface area (Å²) in [5, 5.41) is 0. The van der Waals surface area contributed by atoms with E-state index in [0.29, 0.717) is 28.3 Å². The number of amides is 1. The van der Waals surface area contributed by atoms with Gasteiger partial charge in [-0.1, -0.05) is 23.8 Å². The molecule has 37 heavy (non-hydrogen) atoms. The predicted octanol–water partition coefficient (Wildman–Crippen LogP) is 5.06. The summed E-state index contributed by atoms with van der Waals surface area (Å²) in [5.41, 5.74) is 3.68. The highest BCUT2D eigenvalue weighted by atomic mass is 32.2. The van der Waals surface area contributed by atoms with E-state index in [1.54, 1.807) is 29.2 Å². The highest BCUT2D eigenvalue weighted by molar-refractivity contribution is 7.92. The Morgan fingerprint density at radius 2 is 1.73 bits per heavy atom. The molecule has 188 valence electrons. The zero-order chi connectivity index (χ0) is 26.2. The van der Waals surface area contributed by atoms with E-state index in [-0.39, 0.29) is 29.0 Å². The molecule has 0 aliphatic carbocycles. The second kappa shape index (κ2) is 9.55. The summed E-state index contributed by atoms with van der Waals surface area (Å²) in [4.78, 5) is 18.6. The quantitative estimate of drug-likeness (QED) is 0.382. The van der Waals surface area contributed by atoms with Crippen LogP contribution in [-0.4, -0.2) is 33.0 Å². The van der Waals surface area contributed by atoms with Crippen LogP contribution in [-0.2, 0) is 14.8 Å². The fourth-order valence-corrected chi connectivity index (χ4v) is 5.02.